The van der Waals surface area contributed by atoms with Crippen LogP contribution in [-0.4, -0.2) is 28.2 Å². The molecule has 0 amide bonds. The highest BCUT2D eigenvalue weighted by atomic mass is 19.1. The largest absolute Gasteiger partial charge is 0.462 e. The molecule has 0 N–H and O–H groups in total. The van der Waals surface area contributed by atoms with E-state index in [-0.39, 0.29) is 0 Å². The van der Waals surface area contributed by atoms with E-state index in [0.29, 0.717) is 12.1 Å². The Balaban J connectivity index is 2.55. The average molecular weight is 285 g/mol. The number of esters is 1. The van der Waals surface area contributed by atoms with E-state index < -0.39 is 45.6 Å². The van der Waals surface area contributed by atoms with Gasteiger partial charge in [-0.2, -0.15) is 4.39 Å². The highest BCUT2D eigenvalue weighted by Crippen LogP contribution is 2.29. The number of ether oxygens (including phenoxy) is 1. The summed E-state index contributed by atoms with van der Waals surface area (Å²) < 4.78 is 36.1. The number of nitro groups is 1. The second-order valence-corrected chi connectivity index (χ2v) is 3.45. The monoisotopic (exact) mass is 285 g/mol. The van der Waals surface area contributed by atoms with Crippen LogP contribution in [-0.2, 0) is 4.74 Å². The Morgan fingerprint density at radius 2 is 2.10 bits per heavy atom. The molecule has 10 heteroatoms. The third-order valence-electron chi connectivity index (χ3n) is 2.23. The van der Waals surface area contributed by atoms with Crippen LogP contribution >= 0.6 is 0 Å². The molecule has 0 radical (unpaired) electrons. The standard InChI is InChI=1S/C10H5F2N3O5/c1-19-10(16)9-14-13-8(20-9)5-2-4(11)3-6(7(5)12)15(17)18/h2-3H,1H3. The van der Waals surface area contributed by atoms with Gasteiger partial charge in [0.15, 0.2) is 0 Å². The molecule has 0 aliphatic heterocycles. The molecule has 0 atom stereocenters. The number of nitrogens with zero attached hydrogens (tertiary/aromatic N) is 3. The Labute approximate surface area is 109 Å². The van der Waals surface area contributed by atoms with Crippen molar-refractivity contribution in [1.82, 2.24) is 10.2 Å². The Morgan fingerprint density at radius 3 is 2.70 bits per heavy atom. The number of benzene rings is 1. The third kappa shape index (κ3) is 2.30. The molecule has 0 aliphatic carbocycles. The van der Waals surface area contributed by atoms with Gasteiger partial charge in [0.05, 0.1) is 23.7 Å². The zero-order valence-corrected chi connectivity index (χ0v) is 9.79. The van der Waals surface area contributed by atoms with Crippen LogP contribution < -0.4 is 0 Å². The molecule has 1 aromatic carbocycles. The Hall–Kier alpha value is -2.91. The number of rotatable bonds is 3. The molecule has 0 unspecified atom stereocenters. The minimum Gasteiger partial charge on any atom is -0.462 e. The molecule has 20 heavy (non-hydrogen) atoms. The van der Waals surface area contributed by atoms with Gasteiger partial charge in [-0.25, -0.2) is 9.18 Å². The average Bonchev–Trinajstić information content (AvgIpc) is 2.89. The van der Waals surface area contributed by atoms with Gasteiger partial charge in [0.1, 0.15) is 5.82 Å². The summed E-state index contributed by atoms with van der Waals surface area (Å²) in [6.45, 7) is 0. The second-order valence-electron chi connectivity index (χ2n) is 3.45. The maximum Gasteiger partial charge on any atom is 0.396 e. The van der Waals surface area contributed by atoms with Crippen LogP contribution in [0.1, 0.15) is 10.7 Å². The number of nitro benzene ring substituents is 1. The van der Waals surface area contributed by atoms with E-state index in [1.165, 1.54) is 0 Å². The molecule has 2 aromatic rings. The van der Waals surface area contributed by atoms with E-state index in [1.54, 1.807) is 0 Å². The molecule has 0 saturated carbocycles. The maximum atomic E-state index is 13.8. The molecule has 0 saturated heterocycles. The SMILES string of the molecule is COC(=O)c1nnc(-c2cc(F)cc([N+](=O)[O-])c2F)o1. The first-order valence-electron chi connectivity index (χ1n) is 4.99. The summed E-state index contributed by atoms with van der Waals surface area (Å²) in [6.07, 6.45) is 0. The smallest absolute Gasteiger partial charge is 0.396 e. The number of carbonyl (C=O) groups excluding carboxylic acids is 1. The maximum absolute atomic E-state index is 13.8. The molecule has 0 fully saturated rings. The summed E-state index contributed by atoms with van der Waals surface area (Å²) in [5.74, 6) is -4.56. The fourth-order valence-electron chi connectivity index (χ4n) is 1.37. The van der Waals surface area contributed by atoms with Crippen LogP contribution in [0.25, 0.3) is 11.5 Å². The highest BCUT2D eigenvalue weighted by Gasteiger charge is 2.25. The third-order valence-corrected chi connectivity index (χ3v) is 2.23. The van der Waals surface area contributed by atoms with Crippen molar-refractivity contribution in [3.05, 3.63) is 39.8 Å². The predicted octanol–water partition coefficient (Wildman–Crippen LogP) is 1.71. The van der Waals surface area contributed by atoms with Crippen molar-refractivity contribution >= 4 is 11.7 Å². The van der Waals surface area contributed by atoms with Gasteiger partial charge in [-0.05, 0) is 6.07 Å². The number of hydrogen-bond donors (Lipinski definition) is 0. The first-order chi connectivity index (χ1) is 9.43. The van der Waals surface area contributed by atoms with Gasteiger partial charge in [-0.1, -0.05) is 0 Å². The molecular formula is C10H5F2N3O5. The summed E-state index contributed by atoms with van der Waals surface area (Å²) in [7, 11) is 1.06. The van der Waals surface area contributed by atoms with Gasteiger partial charge in [0, 0.05) is 0 Å². The summed E-state index contributed by atoms with van der Waals surface area (Å²) in [5.41, 5.74) is -1.71. The number of halogens is 2. The lowest BCUT2D eigenvalue weighted by molar-refractivity contribution is -0.387. The first-order valence-corrected chi connectivity index (χ1v) is 4.99. The second kappa shape index (κ2) is 4.99. The highest BCUT2D eigenvalue weighted by molar-refractivity contribution is 5.84. The van der Waals surface area contributed by atoms with Crippen LogP contribution in [0, 0.1) is 21.7 Å². The molecule has 0 aliphatic rings. The number of aromatic nitrogens is 2. The molecule has 0 spiro atoms. The molecule has 104 valence electrons. The normalized spacial score (nSPS) is 10.3. The van der Waals surface area contributed by atoms with E-state index in [4.69, 9.17) is 4.42 Å². The van der Waals surface area contributed by atoms with Crippen molar-refractivity contribution in [1.29, 1.82) is 0 Å². The van der Waals surface area contributed by atoms with Crippen LogP contribution in [0.4, 0.5) is 14.5 Å². The van der Waals surface area contributed by atoms with Gasteiger partial charge in [0.2, 0.25) is 5.82 Å². The Morgan fingerprint density at radius 1 is 1.40 bits per heavy atom. The van der Waals surface area contributed by atoms with Crippen molar-refractivity contribution in [2.45, 2.75) is 0 Å². The van der Waals surface area contributed by atoms with Crippen LogP contribution in [0.5, 0.6) is 0 Å². The van der Waals surface area contributed by atoms with Gasteiger partial charge in [-0.3, -0.25) is 10.1 Å². The topological polar surface area (TPSA) is 108 Å². The minimum absolute atomic E-state index is 0.413. The van der Waals surface area contributed by atoms with E-state index in [0.717, 1.165) is 7.11 Å². The summed E-state index contributed by atoms with van der Waals surface area (Å²) in [6, 6.07) is 1.05. The molecule has 8 nitrogen and oxygen atoms in total. The van der Waals surface area contributed by atoms with Crippen LogP contribution in [0.15, 0.2) is 16.5 Å². The van der Waals surface area contributed by atoms with Gasteiger partial charge in [0.25, 0.3) is 5.89 Å². The molecular weight excluding hydrogens is 280 g/mol. The van der Waals surface area contributed by atoms with Crippen molar-refractivity contribution in [3.8, 4) is 11.5 Å². The minimum atomic E-state index is -1.35. The van der Waals surface area contributed by atoms with E-state index in [2.05, 4.69) is 14.9 Å². The first kappa shape index (κ1) is 13.5. The summed E-state index contributed by atoms with van der Waals surface area (Å²) in [4.78, 5) is 20.6. The summed E-state index contributed by atoms with van der Waals surface area (Å²) >= 11 is 0. The van der Waals surface area contributed by atoms with E-state index in [1.807, 2.05) is 0 Å². The predicted molar refractivity (Wildman–Crippen MR) is 57.6 cm³/mol. The number of hydrogen-bond acceptors (Lipinski definition) is 7. The van der Waals surface area contributed by atoms with Crippen molar-refractivity contribution in [2.24, 2.45) is 0 Å². The lowest BCUT2D eigenvalue weighted by atomic mass is 10.2. The van der Waals surface area contributed by atoms with E-state index in [9.17, 15) is 23.7 Å². The Kier molecular flexibility index (Phi) is 3.37. The quantitative estimate of drug-likeness (QED) is 0.479. The molecule has 0 bridgehead atoms. The van der Waals surface area contributed by atoms with Crippen LogP contribution in [0.2, 0.25) is 0 Å². The summed E-state index contributed by atoms with van der Waals surface area (Å²) in [5, 5.41) is 17.1. The number of methoxy groups -OCH3 is 1. The lowest BCUT2D eigenvalue weighted by Gasteiger charge is -1.99. The molecule has 1 aromatic heterocycles. The fraction of sp³-hybridized carbons (Fsp3) is 0.100. The van der Waals surface area contributed by atoms with Gasteiger partial charge in [-0.15, -0.1) is 10.2 Å². The van der Waals surface area contributed by atoms with Crippen molar-refractivity contribution in [3.63, 3.8) is 0 Å². The fourth-order valence-corrected chi connectivity index (χ4v) is 1.37. The Bertz CT molecular complexity index is 700. The van der Waals surface area contributed by atoms with Crippen molar-refractivity contribution in [2.75, 3.05) is 7.11 Å². The lowest BCUT2D eigenvalue weighted by Crippen LogP contribution is -2.00. The molecule has 1 heterocycles. The van der Waals surface area contributed by atoms with Crippen molar-refractivity contribution < 1.29 is 27.7 Å². The molecule has 2 rings (SSSR count). The zero-order valence-electron chi connectivity index (χ0n) is 9.79. The van der Waals surface area contributed by atoms with Crippen LogP contribution in [0.3, 0.4) is 0 Å². The van der Waals surface area contributed by atoms with E-state index >= 15 is 0 Å². The zero-order chi connectivity index (χ0) is 14.9. The van der Waals surface area contributed by atoms with Gasteiger partial charge < -0.3 is 9.15 Å². The van der Waals surface area contributed by atoms with Gasteiger partial charge >= 0.3 is 17.5 Å². The number of carbonyl (C=O) groups is 1.